The molecule has 2 heterocycles. The van der Waals surface area contributed by atoms with Gasteiger partial charge in [0.25, 0.3) is 0 Å². The van der Waals surface area contributed by atoms with E-state index in [1.807, 2.05) is 0 Å². The summed E-state index contributed by atoms with van der Waals surface area (Å²) < 4.78 is 123. The van der Waals surface area contributed by atoms with Gasteiger partial charge in [-0.2, -0.15) is 42.9 Å². The van der Waals surface area contributed by atoms with Crippen molar-refractivity contribution in [2.24, 2.45) is 0 Å². The van der Waals surface area contributed by atoms with Gasteiger partial charge < -0.3 is 100 Å². The minimum atomic E-state index is -5.46. The van der Waals surface area contributed by atoms with Crippen molar-refractivity contribution in [3.8, 4) is 0 Å². The molecule has 0 saturated carbocycles. The van der Waals surface area contributed by atoms with Crippen LogP contribution in [0, 0.1) is 0 Å². The zero-order valence-electron chi connectivity index (χ0n) is 50.6. The van der Waals surface area contributed by atoms with E-state index in [4.69, 9.17) is 0 Å². The molecule has 4 aromatic carbocycles. The summed E-state index contributed by atoms with van der Waals surface area (Å²) in [5.41, 5.74) is -1.60. The Morgan fingerprint density at radius 1 is 0.426 bits per heavy atom. The summed E-state index contributed by atoms with van der Waals surface area (Å²) in [5.74, 6) is -11.5. The molecule has 38 nitrogen and oxygen atoms in total. The second-order valence-electron chi connectivity index (χ2n) is 15.4. The molecule has 0 aliphatic heterocycles. The number of hydrogen-bond donors (Lipinski definition) is 4. The Morgan fingerprint density at radius 2 is 0.819 bits per heavy atom. The fourth-order valence-corrected chi connectivity index (χ4v) is 9.72. The first kappa shape index (κ1) is 104. The van der Waals surface area contributed by atoms with E-state index in [-0.39, 0.29) is 369 Å². The second-order valence-corrected chi connectivity index (χ2v) is 21.8. The van der Waals surface area contributed by atoms with E-state index in [0.717, 1.165) is 60.7 Å². The molecule has 0 atom stereocenters. The van der Waals surface area contributed by atoms with Gasteiger partial charge in [-0.15, -0.1) is 0 Å². The van der Waals surface area contributed by atoms with Gasteiger partial charge in [0.15, 0.2) is 0 Å². The molecule has 4 N–H and O–H groups in total. The number of carbonyl (C=O) groups is 4. The van der Waals surface area contributed by atoms with Gasteiger partial charge in [-0.3, -0.25) is 15.1 Å². The Labute approximate surface area is 765 Å². The normalized spacial score (nSPS) is 10.5. The number of nitrogens with zero attached hydrogens (tertiary/aromatic N) is 8. The molecule has 94 heavy (non-hydrogen) atoms. The van der Waals surface area contributed by atoms with Crippen LogP contribution in [-0.2, 0) is 77.6 Å². The number of benzene rings is 4. The van der Waals surface area contributed by atoms with Gasteiger partial charge >= 0.3 is 296 Å². The SMILES string of the molecule is O=C([O-])CN(CC(=O)[O-])c1nc(Nc2ccc(C=Cc3ccc(Nc4nc(Nc5cc(SOO[O-])ccc5S(=O)(=O)[O-])nc(N(CC(=O)[O-])CC(=O)[O-])n4)cc3SOO[O-])c(S(=O)(=O)[O-])c2)nc(Nc2cc(S(=O)(=O)[O-])ccc2SOO[O-])n1.[Na+].[Na+].[Na+].[Na+].[Na+].[Na+].[Na+].[Na+].[Na+].[Na+]. The van der Waals surface area contributed by atoms with Crippen LogP contribution in [0.1, 0.15) is 11.1 Å². The van der Waals surface area contributed by atoms with Crippen LogP contribution in [0.15, 0.2) is 102 Å². The van der Waals surface area contributed by atoms with E-state index in [2.05, 4.69) is 79.3 Å². The van der Waals surface area contributed by atoms with Crippen molar-refractivity contribution >= 4 is 161 Å². The zero-order valence-corrected chi connectivity index (χ0v) is 75.5. The summed E-state index contributed by atoms with van der Waals surface area (Å²) in [6, 6.07) is 12.0. The molecular weight excluding hydrogens is 1490 g/mol. The number of carboxylic acid groups (broad SMARTS) is 4. The van der Waals surface area contributed by atoms with Crippen LogP contribution in [0.5, 0.6) is 0 Å². The Hall–Kier alpha value is 1.74. The van der Waals surface area contributed by atoms with Gasteiger partial charge in [0.2, 0.25) is 35.7 Å². The van der Waals surface area contributed by atoms with Crippen molar-refractivity contribution in [2.45, 2.75) is 29.4 Å². The van der Waals surface area contributed by atoms with Crippen molar-refractivity contribution in [2.75, 3.05) is 57.2 Å². The molecule has 448 valence electrons. The topological polar surface area (TPSA) is 589 Å². The van der Waals surface area contributed by atoms with Crippen molar-refractivity contribution in [1.82, 2.24) is 29.9 Å². The standard InChI is InChI=1S/C40H36N12O26S6.10Na/c53-31(54)15-51(16-32(55)56)39-48-36(45-37(49-39)43-25-14-24(82(64,65)66)8-9-27(25)80-77-74-62)42-22-6-4-20(30(12-22)84(70,71)72)2-1-19-3-5-21(11-28(19)81-78-75-63)41-35-46-38(50-40(47-35)52(17-33(57)58)18-34(59)60)44-26-13-23(79-76-73-61)7-10-29(26)83(67,68)69;;;;;;;;;;/h1-14,61-63H,15-18H2,(H,53,54)(H,55,56)(H,57,58)(H,59,60)(H,64,65,66)(H,67,68,69)(H,70,71,72)(H2,41,44,46,47,50)(H2,42,43,45,48,49);;;;;;;;;;/q;10*+1/p-10. The maximum absolute atomic E-state index is 12.8. The Bertz CT molecular complexity index is 3850. The number of aliphatic carboxylic acids is 4. The fourth-order valence-electron chi connectivity index (χ4n) is 6.59. The molecule has 54 heteroatoms. The summed E-state index contributed by atoms with van der Waals surface area (Å²) >= 11 is 0.696. The first-order valence-electron chi connectivity index (χ1n) is 21.5. The predicted molar refractivity (Wildman–Crippen MR) is 260 cm³/mol. The molecule has 0 saturated heterocycles. The van der Waals surface area contributed by atoms with Crippen molar-refractivity contribution in [1.29, 1.82) is 0 Å². The van der Waals surface area contributed by atoms with E-state index in [0.29, 0.717) is 9.80 Å². The van der Waals surface area contributed by atoms with Crippen LogP contribution >= 0.6 is 36.1 Å². The van der Waals surface area contributed by atoms with E-state index in [1.54, 1.807) is 0 Å². The number of rotatable bonds is 32. The van der Waals surface area contributed by atoms with Crippen LogP contribution in [0.3, 0.4) is 0 Å². The van der Waals surface area contributed by atoms with E-state index in [9.17, 15) is 94.3 Å². The Kier molecular flexibility index (Phi) is 55.8. The van der Waals surface area contributed by atoms with Gasteiger partial charge in [0.1, 0.15) is 30.4 Å². The van der Waals surface area contributed by atoms with E-state index >= 15 is 0 Å². The van der Waals surface area contributed by atoms with Crippen LogP contribution in [-0.4, -0.2) is 119 Å². The van der Waals surface area contributed by atoms with Crippen molar-refractivity contribution < 1.29 is 418 Å². The van der Waals surface area contributed by atoms with Gasteiger partial charge in [-0.05, 0) is 71.8 Å². The summed E-state index contributed by atoms with van der Waals surface area (Å²) in [5, 5.41) is 98.7. The van der Waals surface area contributed by atoms with Gasteiger partial charge in [0, 0.05) is 21.2 Å². The Balaban J connectivity index is -0.00000264. The number of hydrogen-bond acceptors (Lipinski definition) is 41. The van der Waals surface area contributed by atoms with Crippen LogP contribution in [0.2, 0.25) is 0 Å². The average molecular weight is 1510 g/mol. The molecule has 0 bridgehead atoms. The molecule has 6 rings (SSSR count). The zero-order chi connectivity index (χ0) is 61.5. The number of nitrogens with one attached hydrogen (secondary N) is 4. The monoisotopic (exact) mass is 1510 g/mol. The minimum Gasteiger partial charge on any atom is -0.744 e. The summed E-state index contributed by atoms with van der Waals surface area (Å²) in [4.78, 5) is 68.6. The van der Waals surface area contributed by atoms with Crippen LogP contribution < -0.4 is 363 Å². The smallest absolute Gasteiger partial charge is 0.744 e. The average Bonchev–Trinajstić information content (AvgIpc) is 0.857. The molecule has 0 aliphatic rings. The molecule has 0 aliphatic carbocycles. The number of carbonyl (C=O) groups excluding carboxylic acids is 4. The van der Waals surface area contributed by atoms with Crippen molar-refractivity contribution in [3.05, 3.63) is 83.9 Å². The van der Waals surface area contributed by atoms with Gasteiger partial charge in [-0.25, -0.2) is 25.3 Å². The summed E-state index contributed by atoms with van der Waals surface area (Å²) in [6.07, 6.45) is 2.27. The first-order valence-corrected chi connectivity index (χ1v) is 28.0. The predicted octanol–water partition coefficient (Wildman–Crippen LogP) is -35.7. The molecule has 0 spiro atoms. The quantitative estimate of drug-likeness (QED) is 0.00761. The Morgan fingerprint density at radius 3 is 1.24 bits per heavy atom. The van der Waals surface area contributed by atoms with Gasteiger partial charge in [-0.1, -0.05) is 24.3 Å². The minimum absolute atomic E-state index is 0. The maximum atomic E-state index is 12.8. The molecule has 0 unspecified atom stereocenters. The number of carboxylic acids is 4. The molecule has 0 fully saturated rings. The second kappa shape index (κ2) is 50.2. The third kappa shape index (κ3) is 34.6. The molecule has 6 aromatic rings. The van der Waals surface area contributed by atoms with E-state index < -0.39 is 142 Å². The first-order chi connectivity index (χ1) is 39.6. The fraction of sp³-hybridized carbons (Fsp3) is 0.100. The number of anilines is 10. The largest absolute Gasteiger partial charge is 1.00 e. The molecule has 0 amide bonds. The summed E-state index contributed by atoms with van der Waals surface area (Å²) in [7, 11) is -15.9. The van der Waals surface area contributed by atoms with Crippen LogP contribution in [0.25, 0.3) is 12.2 Å². The molecular formula is C40H26N12Na10O26S6. The molecule has 2 aromatic heterocycles. The van der Waals surface area contributed by atoms with Crippen LogP contribution in [0.4, 0.5) is 58.4 Å². The summed E-state index contributed by atoms with van der Waals surface area (Å²) in [6.45, 7) is -4.77. The van der Waals surface area contributed by atoms with E-state index in [1.165, 1.54) is 24.3 Å². The molecule has 0 radical (unpaired) electrons. The van der Waals surface area contributed by atoms with Gasteiger partial charge in [0.05, 0.1) is 117 Å². The number of aromatic nitrogens is 6. The third-order valence-electron chi connectivity index (χ3n) is 9.76. The van der Waals surface area contributed by atoms with Crippen molar-refractivity contribution in [3.63, 3.8) is 0 Å². The maximum Gasteiger partial charge on any atom is 1.00 e. The third-order valence-corrected chi connectivity index (χ3v) is 14.3.